The highest BCUT2D eigenvalue weighted by Gasteiger charge is 2.07. The largest absolute Gasteiger partial charge is 0.427 e. The van der Waals surface area contributed by atoms with E-state index in [1.165, 1.54) is 19.1 Å². The molecule has 2 amide bonds. The van der Waals surface area contributed by atoms with Gasteiger partial charge in [-0.15, -0.1) is 0 Å². The van der Waals surface area contributed by atoms with Gasteiger partial charge in [-0.05, 0) is 35.9 Å². The maximum atomic E-state index is 12.1. The van der Waals surface area contributed by atoms with Gasteiger partial charge >= 0.3 is 5.97 Å². The molecule has 0 atom stereocenters. The highest BCUT2D eigenvalue weighted by atomic mass is 35.5. The van der Waals surface area contributed by atoms with Gasteiger partial charge in [0.05, 0.1) is 0 Å². The summed E-state index contributed by atoms with van der Waals surface area (Å²) < 4.78 is 4.94. The van der Waals surface area contributed by atoms with Crippen molar-refractivity contribution in [1.29, 1.82) is 0 Å². The van der Waals surface area contributed by atoms with Gasteiger partial charge in [0.15, 0.2) is 0 Å². The van der Waals surface area contributed by atoms with Crippen LogP contribution in [-0.2, 0) is 9.59 Å². The van der Waals surface area contributed by atoms with Crippen molar-refractivity contribution in [2.45, 2.75) is 6.92 Å². The lowest BCUT2D eigenvalue weighted by atomic mass is 10.2. The molecule has 2 aromatic carbocycles. The second kappa shape index (κ2) is 10.1. The molecule has 0 saturated heterocycles. The lowest BCUT2D eigenvalue weighted by Crippen LogP contribution is -2.34. The molecule has 2 rings (SSSR count). The maximum Gasteiger partial charge on any atom is 0.308 e. The van der Waals surface area contributed by atoms with Gasteiger partial charge in [0.1, 0.15) is 5.75 Å². The Bertz CT molecular complexity index is 865. The summed E-state index contributed by atoms with van der Waals surface area (Å²) in [7, 11) is 0. The number of ether oxygens (including phenoxy) is 1. The summed E-state index contributed by atoms with van der Waals surface area (Å²) in [5.41, 5.74) is 1.11. The smallest absolute Gasteiger partial charge is 0.308 e. The number of hydrogen-bond donors (Lipinski definition) is 2. The summed E-state index contributed by atoms with van der Waals surface area (Å²) in [4.78, 5) is 34.8. The number of rotatable bonds is 7. The summed E-state index contributed by atoms with van der Waals surface area (Å²) in [5.74, 6) is -0.779. The predicted molar refractivity (Wildman–Crippen MR) is 104 cm³/mol. The molecule has 2 N–H and O–H groups in total. The Labute approximate surface area is 162 Å². The SMILES string of the molecule is CC(=O)Oc1cccc(C(=O)NCCNC(=O)/C=C/c2ccccc2Cl)c1. The summed E-state index contributed by atoms with van der Waals surface area (Å²) in [6.45, 7) is 1.80. The zero-order valence-corrected chi connectivity index (χ0v) is 15.5. The van der Waals surface area contributed by atoms with E-state index in [-0.39, 0.29) is 24.9 Å². The lowest BCUT2D eigenvalue weighted by Gasteiger charge is -2.07. The number of amides is 2. The van der Waals surface area contributed by atoms with E-state index in [0.29, 0.717) is 16.3 Å². The Morgan fingerprint density at radius 2 is 1.78 bits per heavy atom. The molecule has 0 aliphatic carbocycles. The van der Waals surface area contributed by atoms with Crippen molar-refractivity contribution in [3.63, 3.8) is 0 Å². The van der Waals surface area contributed by atoms with Crippen molar-refractivity contribution in [2.24, 2.45) is 0 Å². The van der Waals surface area contributed by atoms with E-state index in [4.69, 9.17) is 16.3 Å². The van der Waals surface area contributed by atoms with Gasteiger partial charge in [0.2, 0.25) is 5.91 Å². The Hall–Kier alpha value is -3.12. The molecule has 0 aliphatic heterocycles. The molecular weight excluding hydrogens is 368 g/mol. The highest BCUT2D eigenvalue weighted by Crippen LogP contribution is 2.16. The van der Waals surface area contributed by atoms with Crippen molar-refractivity contribution in [3.8, 4) is 5.75 Å². The van der Waals surface area contributed by atoms with Crippen LogP contribution < -0.4 is 15.4 Å². The van der Waals surface area contributed by atoms with Crippen molar-refractivity contribution < 1.29 is 19.1 Å². The van der Waals surface area contributed by atoms with Gasteiger partial charge in [-0.2, -0.15) is 0 Å². The molecule has 0 bridgehead atoms. The van der Waals surface area contributed by atoms with Gasteiger partial charge in [0.25, 0.3) is 5.91 Å². The number of esters is 1. The molecule has 7 heteroatoms. The number of halogens is 1. The number of carbonyl (C=O) groups is 3. The van der Waals surface area contributed by atoms with Gasteiger partial charge in [0, 0.05) is 36.7 Å². The summed E-state index contributed by atoms with van der Waals surface area (Å²) >= 11 is 6.01. The molecule has 0 fully saturated rings. The van der Waals surface area contributed by atoms with Crippen LogP contribution in [0, 0.1) is 0 Å². The Balaban J connectivity index is 1.76. The first-order valence-electron chi connectivity index (χ1n) is 8.23. The van der Waals surface area contributed by atoms with Crippen molar-refractivity contribution in [1.82, 2.24) is 10.6 Å². The Morgan fingerprint density at radius 1 is 1.04 bits per heavy atom. The Morgan fingerprint density at radius 3 is 2.52 bits per heavy atom. The molecule has 6 nitrogen and oxygen atoms in total. The van der Waals surface area contributed by atoms with Crippen molar-refractivity contribution in [3.05, 3.63) is 70.8 Å². The molecule has 0 aromatic heterocycles. The first kappa shape index (κ1) is 20.2. The van der Waals surface area contributed by atoms with Crippen molar-refractivity contribution in [2.75, 3.05) is 13.1 Å². The number of nitrogens with one attached hydrogen (secondary N) is 2. The third-order valence-electron chi connectivity index (χ3n) is 3.39. The minimum Gasteiger partial charge on any atom is -0.427 e. The predicted octanol–water partition coefficient (Wildman–Crippen LogP) is 2.82. The topological polar surface area (TPSA) is 84.5 Å². The normalized spacial score (nSPS) is 10.4. The third-order valence-corrected chi connectivity index (χ3v) is 3.73. The maximum absolute atomic E-state index is 12.1. The zero-order valence-electron chi connectivity index (χ0n) is 14.7. The standard InChI is InChI=1S/C20H19ClN2O4/c1-14(24)27-17-7-4-6-16(13-17)20(26)23-12-11-22-19(25)10-9-15-5-2-3-8-18(15)21/h2-10,13H,11-12H2,1H3,(H,22,25)(H,23,26)/b10-9+. The summed E-state index contributed by atoms with van der Waals surface area (Å²) in [5, 5.41) is 5.90. The van der Waals surface area contributed by atoms with E-state index in [1.807, 2.05) is 12.1 Å². The van der Waals surface area contributed by atoms with Crippen LogP contribution in [0.15, 0.2) is 54.6 Å². The number of hydrogen-bond acceptors (Lipinski definition) is 4. The summed E-state index contributed by atoms with van der Waals surface area (Å²) in [6, 6.07) is 13.5. The van der Waals surface area contributed by atoms with Crippen LogP contribution in [0.4, 0.5) is 0 Å². The van der Waals surface area contributed by atoms with Gasteiger partial charge < -0.3 is 15.4 Å². The average molecular weight is 387 g/mol. The van der Waals surface area contributed by atoms with E-state index in [1.54, 1.807) is 36.4 Å². The van der Waals surface area contributed by atoms with E-state index < -0.39 is 5.97 Å². The molecular formula is C20H19ClN2O4. The minimum atomic E-state index is -0.458. The molecule has 0 heterocycles. The fourth-order valence-electron chi connectivity index (χ4n) is 2.17. The quantitative estimate of drug-likeness (QED) is 0.331. The molecule has 0 spiro atoms. The van der Waals surface area contributed by atoms with Crippen LogP contribution in [0.3, 0.4) is 0 Å². The first-order valence-corrected chi connectivity index (χ1v) is 8.60. The highest BCUT2D eigenvalue weighted by molar-refractivity contribution is 6.32. The fourth-order valence-corrected chi connectivity index (χ4v) is 2.36. The van der Waals surface area contributed by atoms with Crippen LogP contribution in [0.25, 0.3) is 6.08 Å². The minimum absolute atomic E-state index is 0.252. The first-order chi connectivity index (χ1) is 13.0. The molecule has 0 radical (unpaired) electrons. The van der Waals surface area contributed by atoms with E-state index in [2.05, 4.69) is 10.6 Å². The molecule has 2 aromatic rings. The molecule has 27 heavy (non-hydrogen) atoms. The van der Waals surface area contributed by atoms with Crippen LogP contribution in [-0.4, -0.2) is 30.9 Å². The third kappa shape index (κ3) is 6.95. The molecule has 140 valence electrons. The fraction of sp³-hybridized carbons (Fsp3) is 0.150. The number of carbonyl (C=O) groups excluding carboxylic acids is 3. The molecule has 0 saturated carbocycles. The van der Waals surface area contributed by atoms with E-state index in [0.717, 1.165) is 5.56 Å². The average Bonchev–Trinajstić information content (AvgIpc) is 2.64. The second-order valence-corrected chi connectivity index (χ2v) is 5.93. The monoisotopic (exact) mass is 386 g/mol. The van der Waals surface area contributed by atoms with Crippen LogP contribution >= 0.6 is 11.6 Å². The lowest BCUT2D eigenvalue weighted by molar-refractivity contribution is -0.131. The molecule has 0 aliphatic rings. The summed E-state index contributed by atoms with van der Waals surface area (Å²) in [6.07, 6.45) is 3.00. The van der Waals surface area contributed by atoms with Crippen LogP contribution in [0.1, 0.15) is 22.8 Å². The van der Waals surface area contributed by atoms with E-state index >= 15 is 0 Å². The second-order valence-electron chi connectivity index (χ2n) is 5.52. The number of benzene rings is 2. The van der Waals surface area contributed by atoms with Gasteiger partial charge in [-0.3, -0.25) is 14.4 Å². The van der Waals surface area contributed by atoms with Gasteiger partial charge in [-0.1, -0.05) is 35.9 Å². The van der Waals surface area contributed by atoms with Gasteiger partial charge in [-0.25, -0.2) is 0 Å². The Kier molecular flexibility index (Phi) is 7.58. The zero-order chi connectivity index (χ0) is 19.6. The molecule has 0 unspecified atom stereocenters. The van der Waals surface area contributed by atoms with Crippen LogP contribution in [0.5, 0.6) is 5.75 Å². The van der Waals surface area contributed by atoms with E-state index in [9.17, 15) is 14.4 Å². The van der Waals surface area contributed by atoms with Crippen LogP contribution in [0.2, 0.25) is 5.02 Å². The van der Waals surface area contributed by atoms with Crippen molar-refractivity contribution >= 4 is 35.5 Å².